The maximum absolute atomic E-state index is 12.7. The van der Waals surface area contributed by atoms with Gasteiger partial charge in [0.05, 0.1) is 7.11 Å². The average Bonchev–Trinajstić information content (AvgIpc) is 2.38. The Morgan fingerprint density at radius 2 is 1.79 bits per heavy atom. The van der Waals surface area contributed by atoms with E-state index in [1.807, 2.05) is 13.8 Å². The fourth-order valence-electron chi connectivity index (χ4n) is 1.84. The van der Waals surface area contributed by atoms with Crippen molar-refractivity contribution in [3.63, 3.8) is 0 Å². The topological polar surface area (TPSA) is 46.6 Å². The molecule has 0 unspecified atom stereocenters. The lowest BCUT2D eigenvalue weighted by molar-refractivity contribution is 0.387. The highest BCUT2D eigenvalue weighted by Gasteiger charge is 2.26. The molecular formula is C13H20BrNO3S. The second-order valence-corrected chi connectivity index (χ2v) is 7.02. The van der Waals surface area contributed by atoms with Crippen LogP contribution in [0.2, 0.25) is 0 Å². The molecular weight excluding hydrogens is 330 g/mol. The molecule has 0 fully saturated rings. The van der Waals surface area contributed by atoms with E-state index in [-0.39, 0.29) is 4.90 Å². The Morgan fingerprint density at radius 1 is 1.21 bits per heavy atom. The molecule has 0 radical (unpaired) electrons. The van der Waals surface area contributed by atoms with Gasteiger partial charge in [0.2, 0.25) is 10.0 Å². The summed E-state index contributed by atoms with van der Waals surface area (Å²) in [7, 11) is -2.03. The van der Waals surface area contributed by atoms with Crippen molar-refractivity contribution in [1.82, 2.24) is 4.31 Å². The van der Waals surface area contributed by atoms with Gasteiger partial charge in [-0.05, 0) is 31.0 Å². The van der Waals surface area contributed by atoms with Crippen molar-refractivity contribution in [2.75, 3.05) is 20.2 Å². The first-order valence-electron chi connectivity index (χ1n) is 6.31. The zero-order chi connectivity index (χ0) is 14.5. The van der Waals surface area contributed by atoms with Crippen molar-refractivity contribution in [3.8, 4) is 5.75 Å². The van der Waals surface area contributed by atoms with Gasteiger partial charge in [-0.25, -0.2) is 8.42 Å². The molecule has 6 heteroatoms. The fraction of sp³-hybridized carbons (Fsp3) is 0.538. The van der Waals surface area contributed by atoms with Crippen molar-refractivity contribution in [2.45, 2.75) is 31.6 Å². The molecule has 0 aliphatic carbocycles. The van der Waals surface area contributed by atoms with Crippen LogP contribution in [0, 0.1) is 0 Å². The summed E-state index contributed by atoms with van der Waals surface area (Å²) >= 11 is 3.31. The van der Waals surface area contributed by atoms with E-state index in [9.17, 15) is 8.42 Å². The van der Waals surface area contributed by atoms with Crippen molar-refractivity contribution < 1.29 is 13.2 Å². The van der Waals surface area contributed by atoms with Crippen LogP contribution in [0.5, 0.6) is 5.75 Å². The Bertz CT molecular complexity index is 511. The lowest BCUT2D eigenvalue weighted by Crippen LogP contribution is -2.32. The summed E-state index contributed by atoms with van der Waals surface area (Å²) < 4.78 is 32.7. The normalized spacial score (nSPS) is 11.8. The second kappa shape index (κ2) is 7.26. The molecule has 0 bridgehead atoms. The molecule has 0 aliphatic heterocycles. The van der Waals surface area contributed by atoms with Gasteiger partial charge in [-0.2, -0.15) is 4.31 Å². The molecule has 1 rings (SSSR count). The fourth-order valence-corrected chi connectivity index (χ4v) is 4.16. The third-order valence-corrected chi connectivity index (χ3v) is 5.10. The molecule has 19 heavy (non-hydrogen) atoms. The van der Waals surface area contributed by atoms with Gasteiger partial charge in [0.1, 0.15) is 10.6 Å². The van der Waals surface area contributed by atoms with E-state index in [1.165, 1.54) is 11.4 Å². The number of hydrogen-bond donors (Lipinski definition) is 0. The zero-order valence-electron chi connectivity index (χ0n) is 11.5. The molecule has 0 saturated carbocycles. The number of rotatable bonds is 7. The van der Waals surface area contributed by atoms with Crippen LogP contribution in [0.1, 0.15) is 26.7 Å². The number of benzene rings is 1. The van der Waals surface area contributed by atoms with Gasteiger partial charge in [0, 0.05) is 17.6 Å². The van der Waals surface area contributed by atoms with Crippen LogP contribution >= 0.6 is 15.9 Å². The molecule has 0 heterocycles. The van der Waals surface area contributed by atoms with Gasteiger partial charge in [0.15, 0.2) is 0 Å². The monoisotopic (exact) mass is 349 g/mol. The number of sulfonamides is 1. The van der Waals surface area contributed by atoms with Crippen LogP contribution in [0.4, 0.5) is 0 Å². The Morgan fingerprint density at radius 3 is 2.26 bits per heavy atom. The highest BCUT2D eigenvalue weighted by molar-refractivity contribution is 9.10. The smallest absolute Gasteiger partial charge is 0.246 e. The minimum absolute atomic E-state index is 0.214. The summed E-state index contributed by atoms with van der Waals surface area (Å²) in [6.45, 7) is 4.98. The summed E-state index contributed by atoms with van der Waals surface area (Å²) in [4.78, 5) is 0.214. The third-order valence-electron chi connectivity index (χ3n) is 2.69. The number of nitrogens with zero attached hydrogens (tertiary/aromatic N) is 1. The van der Waals surface area contributed by atoms with Crippen LogP contribution in [0.15, 0.2) is 27.6 Å². The van der Waals surface area contributed by atoms with Gasteiger partial charge in [-0.3, -0.25) is 0 Å². The molecule has 0 amide bonds. The van der Waals surface area contributed by atoms with Crippen molar-refractivity contribution in [1.29, 1.82) is 0 Å². The summed E-state index contributed by atoms with van der Waals surface area (Å²) in [6, 6.07) is 5.02. The SMILES string of the molecule is CCCN(CCC)S(=O)(=O)c1cc(Br)ccc1OC. The Balaban J connectivity index is 3.27. The molecule has 1 aromatic carbocycles. The lowest BCUT2D eigenvalue weighted by atomic mass is 10.3. The van der Waals surface area contributed by atoms with Gasteiger partial charge < -0.3 is 4.74 Å². The lowest BCUT2D eigenvalue weighted by Gasteiger charge is -2.22. The van der Waals surface area contributed by atoms with Crippen LogP contribution < -0.4 is 4.74 Å². The van der Waals surface area contributed by atoms with E-state index in [4.69, 9.17) is 4.74 Å². The summed E-state index contributed by atoms with van der Waals surface area (Å²) in [6.07, 6.45) is 1.57. The maximum Gasteiger partial charge on any atom is 0.246 e. The molecule has 4 nitrogen and oxygen atoms in total. The minimum Gasteiger partial charge on any atom is -0.495 e. The summed E-state index contributed by atoms with van der Waals surface area (Å²) in [5.74, 6) is 0.375. The number of halogens is 1. The molecule has 0 spiro atoms. The first-order chi connectivity index (χ1) is 8.97. The van der Waals surface area contributed by atoms with Crippen LogP contribution in [-0.2, 0) is 10.0 Å². The Hall–Kier alpha value is -0.590. The zero-order valence-corrected chi connectivity index (χ0v) is 13.9. The largest absolute Gasteiger partial charge is 0.495 e. The molecule has 1 aromatic rings. The van der Waals surface area contributed by atoms with Crippen LogP contribution in [0.3, 0.4) is 0 Å². The standard InChI is InChI=1S/C13H20BrNO3S/c1-4-8-15(9-5-2)19(16,17)13-10-11(14)6-7-12(13)18-3/h6-7,10H,4-5,8-9H2,1-3H3. The van der Waals surface area contributed by atoms with Crippen molar-refractivity contribution in [3.05, 3.63) is 22.7 Å². The van der Waals surface area contributed by atoms with E-state index in [0.717, 1.165) is 17.3 Å². The number of hydrogen-bond acceptors (Lipinski definition) is 3. The molecule has 0 N–H and O–H groups in total. The third kappa shape index (κ3) is 3.94. The highest BCUT2D eigenvalue weighted by atomic mass is 79.9. The summed E-state index contributed by atoms with van der Waals surface area (Å²) in [5.41, 5.74) is 0. The Labute approximate surface area is 123 Å². The highest BCUT2D eigenvalue weighted by Crippen LogP contribution is 2.29. The van der Waals surface area contributed by atoms with Crippen molar-refractivity contribution in [2.24, 2.45) is 0 Å². The van der Waals surface area contributed by atoms with E-state index < -0.39 is 10.0 Å². The predicted octanol–water partition coefficient (Wildman–Crippen LogP) is 3.27. The van der Waals surface area contributed by atoms with Gasteiger partial charge in [-0.1, -0.05) is 29.8 Å². The number of methoxy groups -OCH3 is 1. The van der Waals surface area contributed by atoms with E-state index in [2.05, 4.69) is 15.9 Å². The predicted molar refractivity (Wildman–Crippen MR) is 80.0 cm³/mol. The van der Waals surface area contributed by atoms with Gasteiger partial charge in [-0.15, -0.1) is 0 Å². The number of ether oxygens (including phenoxy) is 1. The Kier molecular flexibility index (Phi) is 6.29. The first kappa shape index (κ1) is 16.5. The molecule has 0 saturated heterocycles. The molecule has 0 aromatic heterocycles. The second-order valence-electron chi connectivity index (χ2n) is 4.20. The minimum atomic E-state index is -3.51. The maximum atomic E-state index is 12.7. The van der Waals surface area contributed by atoms with Crippen molar-refractivity contribution >= 4 is 26.0 Å². The quantitative estimate of drug-likeness (QED) is 0.758. The van der Waals surface area contributed by atoms with Crippen LogP contribution in [-0.4, -0.2) is 32.9 Å². The molecule has 0 aliphatic rings. The van der Waals surface area contributed by atoms with E-state index in [0.29, 0.717) is 18.8 Å². The van der Waals surface area contributed by atoms with Crippen LogP contribution in [0.25, 0.3) is 0 Å². The molecule has 108 valence electrons. The van der Waals surface area contributed by atoms with E-state index in [1.54, 1.807) is 18.2 Å². The first-order valence-corrected chi connectivity index (χ1v) is 8.54. The van der Waals surface area contributed by atoms with E-state index >= 15 is 0 Å². The summed E-state index contributed by atoms with van der Waals surface area (Å²) in [5, 5.41) is 0. The van der Waals surface area contributed by atoms with Gasteiger partial charge in [0.25, 0.3) is 0 Å². The molecule has 0 atom stereocenters. The average molecular weight is 350 g/mol. The van der Waals surface area contributed by atoms with Gasteiger partial charge >= 0.3 is 0 Å².